The molecule has 78 valence electrons. The van der Waals surface area contributed by atoms with Crippen molar-refractivity contribution in [2.45, 2.75) is 26.1 Å². The van der Waals surface area contributed by atoms with Crippen LogP contribution >= 0.6 is 11.6 Å². The molecule has 0 bridgehead atoms. The molecule has 0 aromatic heterocycles. The molecule has 1 rings (SSSR count). The summed E-state index contributed by atoms with van der Waals surface area (Å²) < 4.78 is 0. The zero-order chi connectivity index (χ0) is 10.7. The standard InChI is InChI=1S/C11H15ClO2/c1-7(2)10(13)11(14)8-4-3-5-9(12)6-8/h3-7,10-11,13-14H,1-2H3. The third-order valence-corrected chi connectivity index (χ3v) is 2.43. The summed E-state index contributed by atoms with van der Waals surface area (Å²) in [6.45, 7) is 3.72. The fourth-order valence-electron chi connectivity index (χ4n) is 1.25. The second-order valence-electron chi connectivity index (χ2n) is 3.73. The van der Waals surface area contributed by atoms with Gasteiger partial charge in [-0.3, -0.25) is 0 Å². The van der Waals surface area contributed by atoms with Crippen LogP contribution in [0.5, 0.6) is 0 Å². The number of halogens is 1. The van der Waals surface area contributed by atoms with Gasteiger partial charge in [-0.15, -0.1) is 0 Å². The van der Waals surface area contributed by atoms with Crippen molar-refractivity contribution in [3.8, 4) is 0 Å². The smallest absolute Gasteiger partial charge is 0.105 e. The van der Waals surface area contributed by atoms with Gasteiger partial charge < -0.3 is 10.2 Å². The van der Waals surface area contributed by atoms with Crippen LogP contribution in [0.4, 0.5) is 0 Å². The Kier molecular flexibility index (Phi) is 3.93. The number of rotatable bonds is 3. The maximum atomic E-state index is 9.78. The quantitative estimate of drug-likeness (QED) is 0.811. The lowest BCUT2D eigenvalue weighted by Crippen LogP contribution is -2.23. The van der Waals surface area contributed by atoms with Crippen LogP contribution in [0.15, 0.2) is 24.3 Å². The Morgan fingerprint density at radius 2 is 1.86 bits per heavy atom. The molecule has 3 heteroatoms. The Hall–Kier alpha value is -0.570. The van der Waals surface area contributed by atoms with Gasteiger partial charge in [0.2, 0.25) is 0 Å². The molecule has 0 saturated carbocycles. The van der Waals surface area contributed by atoms with Crippen LogP contribution in [0.1, 0.15) is 25.5 Å². The van der Waals surface area contributed by atoms with Crippen LogP contribution in [0.3, 0.4) is 0 Å². The highest BCUT2D eigenvalue weighted by Crippen LogP contribution is 2.23. The van der Waals surface area contributed by atoms with Crippen molar-refractivity contribution in [2.24, 2.45) is 5.92 Å². The third-order valence-electron chi connectivity index (χ3n) is 2.20. The molecule has 0 spiro atoms. The third kappa shape index (κ3) is 2.71. The van der Waals surface area contributed by atoms with E-state index in [-0.39, 0.29) is 5.92 Å². The van der Waals surface area contributed by atoms with E-state index in [4.69, 9.17) is 11.6 Å². The molecule has 1 aromatic rings. The molecule has 0 aliphatic rings. The van der Waals surface area contributed by atoms with Gasteiger partial charge in [0.1, 0.15) is 6.10 Å². The number of aliphatic hydroxyl groups excluding tert-OH is 2. The molecule has 0 heterocycles. The van der Waals surface area contributed by atoms with Crippen molar-refractivity contribution in [1.29, 1.82) is 0 Å². The van der Waals surface area contributed by atoms with Gasteiger partial charge in [-0.1, -0.05) is 37.6 Å². The van der Waals surface area contributed by atoms with E-state index in [2.05, 4.69) is 0 Å². The summed E-state index contributed by atoms with van der Waals surface area (Å²) in [6.07, 6.45) is -1.62. The van der Waals surface area contributed by atoms with Gasteiger partial charge in [0, 0.05) is 5.02 Å². The zero-order valence-electron chi connectivity index (χ0n) is 8.31. The van der Waals surface area contributed by atoms with E-state index in [1.165, 1.54) is 0 Å². The first kappa shape index (κ1) is 11.5. The van der Waals surface area contributed by atoms with Crippen LogP contribution in [-0.4, -0.2) is 16.3 Å². The minimum Gasteiger partial charge on any atom is -0.390 e. The highest BCUT2D eigenvalue weighted by atomic mass is 35.5. The number of aliphatic hydroxyl groups is 2. The van der Waals surface area contributed by atoms with Gasteiger partial charge in [-0.05, 0) is 23.6 Å². The summed E-state index contributed by atoms with van der Waals surface area (Å²) >= 11 is 5.78. The van der Waals surface area contributed by atoms with Crippen LogP contribution in [-0.2, 0) is 0 Å². The van der Waals surface area contributed by atoms with Crippen molar-refractivity contribution in [3.63, 3.8) is 0 Å². The zero-order valence-corrected chi connectivity index (χ0v) is 9.07. The average Bonchev–Trinajstić information content (AvgIpc) is 2.15. The van der Waals surface area contributed by atoms with Gasteiger partial charge in [-0.2, -0.15) is 0 Å². The van der Waals surface area contributed by atoms with Crippen LogP contribution in [0.2, 0.25) is 5.02 Å². The van der Waals surface area contributed by atoms with E-state index >= 15 is 0 Å². The Bertz CT molecular complexity index is 299. The highest BCUT2D eigenvalue weighted by molar-refractivity contribution is 6.30. The first-order valence-corrected chi connectivity index (χ1v) is 5.01. The van der Waals surface area contributed by atoms with Crippen LogP contribution < -0.4 is 0 Å². The normalized spacial score (nSPS) is 15.6. The van der Waals surface area contributed by atoms with Crippen LogP contribution in [0, 0.1) is 5.92 Å². The maximum absolute atomic E-state index is 9.78. The van der Waals surface area contributed by atoms with E-state index in [0.717, 1.165) is 0 Å². The Morgan fingerprint density at radius 3 is 2.36 bits per heavy atom. The fourth-order valence-corrected chi connectivity index (χ4v) is 1.45. The Morgan fingerprint density at radius 1 is 1.21 bits per heavy atom. The lowest BCUT2D eigenvalue weighted by atomic mass is 9.96. The first-order chi connectivity index (χ1) is 6.52. The van der Waals surface area contributed by atoms with E-state index in [0.29, 0.717) is 10.6 Å². The van der Waals surface area contributed by atoms with E-state index in [9.17, 15) is 10.2 Å². The topological polar surface area (TPSA) is 40.5 Å². The first-order valence-electron chi connectivity index (χ1n) is 4.64. The summed E-state index contributed by atoms with van der Waals surface area (Å²) in [5.74, 6) is 0.0176. The summed E-state index contributed by atoms with van der Waals surface area (Å²) in [5.41, 5.74) is 0.652. The number of hydrogen-bond acceptors (Lipinski definition) is 2. The summed E-state index contributed by atoms with van der Waals surface area (Å²) in [5, 5.41) is 20.0. The molecule has 14 heavy (non-hydrogen) atoms. The van der Waals surface area contributed by atoms with Crippen molar-refractivity contribution >= 4 is 11.6 Å². The van der Waals surface area contributed by atoms with Crippen molar-refractivity contribution in [1.82, 2.24) is 0 Å². The van der Waals surface area contributed by atoms with E-state index in [1.54, 1.807) is 24.3 Å². The van der Waals surface area contributed by atoms with Gasteiger partial charge in [0.05, 0.1) is 6.10 Å². The van der Waals surface area contributed by atoms with Crippen LogP contribution in [0.25, 0.3) is 0 Å². The molecule has 0 aliphatic heterocycles. The van der Waals surface area contributed by atoms with Gasteiger partial charge >= 0.3 is 0 Å². The van der Waals surface area contributed by atoms with Crippen molar-refractivity contribution in [2.75, 3.05) is 0 Å². The Balaban J connectivity index is 2.83. The summed E-state index contributed by atoms with van der Waals surface area (Å²) in [6, 6.07) is 6.91. The Labute approximate surface area is 89.1 Å². The lowest BCUT2D eigenvalue weighted by Gasteiger charge is -2.21. The largest absolute Gasteiger partial charge is 0.390 e. The van der Waals surface area contributed by atoms with E-state index in [1.807, 2.05) is 13.8 Å². The highest BCUT2D eigenvalue weighted by Gasteiger charge is 2.21. The molecule has 0 radical (unpaired) electrons. The predicted molar refractivity (Wildman–Crippen MR) is 57.3 cm³/mol. The SMILES string of the molecule is CC(C)C(O)C(O)c1cccc(Cl)c1. The average molecular weight is 215 g/mol. The summed E-state index contributed by atoms with van der Waals surface area (Å²) in [7, 11) is 0. The molecule has 0 fully saturated rings. The van der Waals surface area contributed by atoms with Crippen molar-refractivity contribution < 1.29 is 10.2 Å². The predicted octanol–water partition coefficient (Wildman–Crippen LogP) is 2.39. The van der Waals surface area contributed by atoms with Gasteiger partial charge in [0.15, 0.2) is 0 Å². The van der Waals surface area contributed by atoms with Crippen molar-refractivity contribution in [3.05, 3.63) is 34.9 Å². The molecule has 0 aliphatic carbocycles. The second-order valence-corrected chi connectivity index (χ2v) is 4.17. The monoisotopic (exact) mass is 214 g/mol. The molecule has 2 nitrogen and oxygen atoms in total. The minimum atomic E-state index is -0.867. The minimum absolute atomic E-state index is 0.0176. The maximum Gasteiger partial charge on any atom is 0.105 e. The molecular weight excluding hydrogens is 200 g/mol. The summed E-state index contributed by atoms with van der Waals surface area (Å²) in [4.78, 5) is 0. The lowest BCUT2D eigenvalue weighted by molar-refractivity contribution is -0.00938. The van der Waals surface area contributed by atoms with Gasteiger partial charge in [0.25, 0.3) is 0 Å². The fraction of sp³-hybridized carbons (Fsp3) is 0.455. The van der Waals surface area contributed by atoms with Gasteiger partial charge in [-0.25, -0.2) is 0 Å². The molecular formula is C11H15ClO2. The van der Waals surface area contributed by atoms with E-state index < -0.39 is 12.2 Å². The second kappa shape index (κ2) is 4.78. The molecule has 2 unspecified atom stereocenters. The molecule has 0 saturated heterocycles. The number of benzene rings is 1. The molecule has 0 amide bonds. The molecule has 2 N–H and O–H groups in total. The molecule has 1 aromatic carbocycles. The number of hydrogen-bond donors (Lipinski definition) is 2. The molecule has 2 atom stereocenters.